The molecule has 216 valence electrons. The molecule has 0 unspecified atom stereocenters. The van der Waals surface area contributed by atoms with Crippen LogP contribution >= 0.6 is 6.03 Å². The average Bonchev–Trinajstić information content (AvgIpc) is 2.86. The van der Waals surface area contributed by atoms with Gasteiger partial charge in [-0.25, -0.2) is 0 Å². The van der Waals surface area contributed by atoms with E-state index in [0.29, 0.717) is 35.5 Å². The third kappa shape index (κ3) is 7.11. The molecule has 0 aliphatic carbocycles. The number of benzene rings is 3. The summed E-state index contributed by atoms with van der Waals surface area (Å²) in [5.41, 5.74) is 15.1. The Morgan fingerprint density at radius 3 is 1.00 bits per heavy atom. The van der Waals surface area contributed by atoms with E-state index in [1.54, 1.807) is 4.35 Å². The molecular weight excluding hydrogens is 562 g/mol. The van der Waals surface area contributed by atoms with Crippen LogP contribution in [0.25, 0.3) is 22.3 Å². The fourth-order valence-corrected chi connectivity index (χ4v) is 11.1. The molecule has 3 aromatic rings. The van der Waals surface area contributed by atoms with E-state index in [2.05, 4.69) is 139 Å². The number of hydrogen-bond acceptors (Lipinski definition) is 0. The van der Waals surface area contributed by atoms with E-state index in [9.17, 15) is 0 Å². The average molecular weight is 618 g/mol. The van der Waals surface area contributed by atoms with Gasteiger partial charge < -0.3 is 0 Å². The predicted molar refractivity (Wildman–Crippen MR) is 186 cm³/mol. The Labute approximate surface area is 254 Å². The van der Waals surface area contributed by atoms with Crippen molar-refractivity contribution in [1.29, 1.82) is 0 Å². The molecule has 2 heteroatoms. The monoisotopic (exact) mass is 617 g/mol. The quantitative estimate of drug-likeness (QED) is 0.166. The summed E-state index contributed by atoms with van der Waals surface area (Å²) >= 11 is 0.0537. The molecular formula is C38H55AsP+. The summed E-state index contributed by atoms with van der Waals surface area (Å²) in [5.74, 6) is 2.97. The van der Waals surface area contributed by atoms with E-state index in [0.717, 1.165) is 0 Å². The topological polar surface area (TPSA) is 0 Å². The van der Waals surface area contributed by atoms with Gasteiger partial charge >= 0.3 is 255 Å². The molecule has 0 saturated carbocycles. The zero-order valence-electron chi connectivity index (χ0n) is 27.9. The molecule has 0 aromatic heterocycles. The predicted octanol–water partition coefficient (Wildman–Crippen LogP) is 11.7. The molecule has 3 aromatic carbocycles. The summed E-state index contributed by atoms with van der Waals surface area (Å²) in [4.78, 5) is 0. The fourth-order valence-electron chi connectivity index (χ4n) is 5.79. The van der Waals surface area contributed by atoms with Gasteiger partial charge in [0.2, 0.25) is 0 Å². The van der Waals surface area contributed by atoms with E-state index in [1.165, 1.54) is 55.6 Å². The second-order valence-electron chi connectivity index (χ2n) is 13.7. The first-order valence-corrected chi connectivity index (χ1v) is 21.2. The Kier molecular flexibility index (Phi) is 11.3. The number of hydrogen-bond donors (Lipinski definition) is 0. The zero-order valence-corrected chi connectivity index (χ0v) is 30.7. The van der Waals surface area contributed by atoms with Gasteiger partial charge in [0.15, 0.2) is 0 Å². The first-order chi connectivity index (χ1) is 18.6. The molecule has 0 nitrogen and oxygen atoms in total. The molecule has 0 aliphatic heterocycles. The standard InChI is InChI=1S/C38H55AsP/c1-22(2)28-18-32(24(5)6)36(33(19-28)25(7)8)30-16-15-17-31(38(30)39-40(13)14)37-34(26(9)10)20-29(23(3)4)21-35(37)27(11)12/h15-27H,1-14H3/q+1. The Balaban J connectivity index is 2.58. The van der Waals surface area contributed by atoms with E-state index in [1.807, 2.05) is 0 Å². The van der Waals surface area contributed by atoms with Gasteiger partial charge in [0.1, 0.15) is 0 Å². The van der Waals surface area contributed by atoms with Crippen molar-refractivity contribution in [3.63, 3.8) is 0 Å². The summed E-state index contributed by atoms with van der Waals surface area (Å²) < 4.78 is 1.65. The maximum atomic E-state index is 2.53. The third-order valence-electron chi connectivity index (χ3n) is 8.14. The second kappa shape index (κ2) is 13.7. The molecule has 0 fully saturated rings. The zero-order chi connectivity index (χ0) is 30.0. The van der Waals surface area contributed by atoms with Crippen LogP contribution in [0.3, 0.4) is 0 Å². The summed E-state index contributed by atoms with van der Waals surface area (Å²) in [6.45, 7) is 33.4. The first-order valence-electron chi connectivity index (χ1n) is 15.5. The Bertz CT molecular complexity index is 1210. The minimum absolute atomic E-state index is 0.0290. The summed E-state index contributed by atoms with van der Waals surface area (Å²) in [7, 11) is 0. The third-order valence-corrected chi connectivity index (χ3v) is 13.5. The van der Waals surface area contributed by atoms with Crippen LogP contribution in [-0.2, 0) is 0 Å². The van der Waals surface area contributed by atoms with Crippen molar-refractivity contribution in [2.75, 3.05) is 13.3 Å². The van der Waals surface area contributed by atoms with Gasteiger partial charge in [0, 0.05) is 0 Å². The molecule has 0 aliphatic rings. The van der Waals surface area contributed by atoms with Gasteiger partial charge in [0.25, 0.3) is 0 Å². The molecule has 40 heavy (non-hydrogen) atoms. The van der Waals surface area contributed by atoms with Crippen LogP contribution < -0.4 is 4.35 Å². The molecule has 0 saturated heterocycles. The van der Waals surface area contributed by atoms with Gasteiger partial charge in [-0.1, -0.05) is 0 Å². The van der Waals surface area contributed by atoms with Crippen molar-refractivity contribution >= 4 is 25.2 Å². The Morgan fingerprint density at radius 1 is 0.475 bits per heavy atom. The van der Waals surface area contributed by atoms with Gasteiger partial charge in [0.05, 0.1) is 0 Å². The van der Waals surface area contributed by atoms with Crippen LogP contribution in [0.1, 0.15) is 152 Å². The second-order valence-corrected chi connectivity index (χ2v) is 22.9. The van der Waals surface area contributed by atoms with Gasteiger partial charge in [-0.3, -0.25) is 0 Å². The SMILES string of the molecule is CC(C)c1cc(C(C)C)c(-c2cccc(-c3c(C(C)C)cc(C(C)C)cc3C(C)C)c2[As]=[P+](C)C)c(C(C)C)c1. The van der Waals surface area contributed by atoms with E-state index in [4.69, 9.17) is 0 Å². The van der Waals surface area contributed by atoms with Crippen LogP contribution in [0.4, 0.5) is 0 Å². The van der Waals surface area contributed by atoms with Crippen molar-refractivity contribution in [2.45, 2.75) is 119 Å². The van der Waals surface area contributed by atoms with Crippen molar-refractivity contribution in [1.82, 2.24) is 0 Å². The van der Waals surface area contributed by atoms with Gasteiger partial charge in [-0.15, -0.1) is 0 Å². The summed E-state index contributed by atoms with van der Waals surface area (Å²) in [6, 6.07) is 17.4. The minimum atomic E-state index is -0.0290. The summed E-state index contributed by atoms with van der Waals surface area (Å²) in [5, 5.41) is 0. The number of rotatable bonds is 9. The maximum absolute atomic E-state index is 2.53. The molecule has 0 radical (unpaired) electrons. The molecule has 0 N–H and O–H groups in total. The normalized spacial score (nSPS) is 12.3. The molecule has 0 spiro atoms. The molecule has 0 amide bonds. The molecule has 0 atom stereocenters. The summed E-state index contributed by atoms with van der Waals surface area (Å²) in [6.07, 6.45) is 0. The fraction of sp³-hybridized carbons (Fsp3) is 0.526. The van der Waals surface area contributed by atoms with Gasteiger partial charge in [-0.2, -0.15) is 0 Å². The van der Waals surface area contributed by atoms with E-state index in [-0.39, 0.29) is 20.9 Å². The first kappa shape index (κ1) is 33.0. The van der Waals surface area contributed by atoms with Crippen LogP contribution in [0, 0.1) is 0 Å². The van der Waals surface area contributed by atoms with Crippen LogP contribution in [0.2, 0.25) is 0 Å². The van der Waals surface area contributed by atoms with E-state index < -0.39 is 0 Å². The van der Waals surface area contributed by atoms with Gasteiger partial charge in [-0.05, 0) is 0 Å². The van der Waals surface area contributed by atoms with Crippen LogP contribution in [-0.4, -0.2) is 28.1 Å². The molecule has 0 heterocycles. The van der Waals surface area contributed by atoms with Crippen molar-refractivity contribution in [3.05, 3.63) is 75.8 Å². The van der Waals surface area contributed by atoms with Crippen molar-refractivity contribution in [3.8, 4) is 22.3 Å². The van der Waals surface area contributed by atoms with Crippen LogP contribution in [0.15, 0.2) is 42.5 Å². The van der Waals surface area contributed by atoms with E-state index >= 15 is 0 Å². The molecule has 0 bridgehead atoms. The van der Waals surface area contributed by atoms with Crippen LogP contribution in [0.5, 0.6) is 0 Å². The Morgan fingerprint density at radius 2 is 0.775 bits per heavy atom. The van der Waals surface area contributed by atoms with Crippen molar-refractivity contribution in [2.24, 2.45) is 0 Å². The Hall–Kier alpha value is -1.48. The van der Waals surface area contributed by atoms with Crippen molar-refractivity contribution < 1.29 is 0 Å². The molecule has 3 rings (SSSR count).